The molecule has 1 saturated heterocycles. The van der Waals surface area contributed by atoms with Crippen LogP contribution in [0.1, 0.15) is 19.3 Å². The summed E-state index contributed by atoms with van der Waals surface area (Å²) >= 11 is 2.03. The van der Waals surface area contributed by atoms with Crippen LogP contribution in [0.4, 0.5) is 0 Å². The molecule has 0 aromatic rings. The van der Waals surface area contributed by atoms with Crippen molar-refractivity contribution in [2.75, 3.05) is 25.9 Å². The molecular formula is C9H18N2OS. The van der Waals surface area contributed by atoms with Gasteiger partial charge in [-0.1, -0.05) is 6.42 Å². The summed E-state index contributed by atoms with van der Waals surface area (Å²) in [5, 5.41) is 6.49. The SMILES string of the molecule is CNC(=O)CNCC1CCCCS1. The number of thioether (sulfide) groups is 1. The van der Waals surface area contributed by atoms with E-state index in [0.717, 1.165) is 11.8 Å². The fourth-order valence-electron chi connectivity index (χ4n) is 1.40. The Bertz CT molecular complexity index is 158. The molecule has 1 rings (SSSR count). The maximum Gasteiger partial charge on any atom is 0.233 e. The third-order valence-corrected chi connectivity index (χ3v) is 3.61. The number of likely N-dealkylation sites (N-methyl/N-ethyl adjacent to an activating group) is 1. The molecule has 2 N–H and O–H groups in total. The van der Waals surface area contributed by atoms with E-state index in [4.69, 9.17) is 0 Å². The number of carbonyl (C=O) groups excluding carboxylic acids is 1. The Hall–Kier alpha value is -0.220. The van der Waals surface area contributed by atoms with Gasteiger partial charge in [0.2, 0.25) is 5.91 Å². The molecule has 0 spiro atoms. The van der Waals surface area contributed by atoms with Gasteiger partial charge in [-0.25, -0.2) is 0 Å². The van der Waals surface area contributed by atoms with Crippen LogP contribution < -0.4 is 10.6 Å². The Morgan fingerprint density at radius 2 is 2.38 bits per heavy atom. The smallest absolute Gasteiger partial charge is 0.233 e. The summed E-state index contributed by atoms with van der Waals surface area (Å²) in [6.07, 6.45) is 4.00. The van der Waals surface area contributed by atoms with Crippen molar-refractivity contribution < 1.29 is 4.79 Å². The maximum absolute atomic E-state index is 10.9. The van der Waals surface area contributed by atoms with Crippen molar-refractivity contribution >= 4 is 17.7 Å². The maximum atomic E-state index is 10.9. The third-order valence-electron chi connectivity index (χ3n) is 2.21. The van der Waals surface area contributed by atoms with Crippen molar-refractivity contribution in [3.8, 4) is 0 Å². The first kappa shape index (κ1) is 10.9. The van der Waals surface area contributed by atoms with Gasteiger partial charge >= 0.3 is 0 Å². The van der Waals surface area contributed by atoms with Crippen molar-refractivity contribution in [2.24, 2.45) is 0 Å². The second-order valence-corrected chi connectivity index (χ2v) is 4.70. The second-order valence-electron chi connectivity index (χ2n) is 3.29. The lowest BCUT2D eigenvalue weighted by atomic mass is 10.2. The molecule has 0 aromatic carbocycles. The Morgan fingerprint density at radius 1 is 1.54 bits per heavy atom. The quantitative estimate of drug-likeness (QED) is 0.702. The van der Waals surface area contributed by atoms with Gasteiger partial charge in [0.1, 0.15) is 0 Å². The van der Waals surface area contributed by atoms with Crippen molar-refractivity contribution in [1.29, 1.82) is 0 Å². The number of carbonyl (C=O) groups is 1. The predicted molar refractivity (Wildman–Crippen MR) is 57.0 cm³/mol. The zero-order chi connectivity index (χ0) is 9.52. The van der Waals surface area contributed by atoms with E-state index in [-0.39, 0.29) is 5.91 Å². The van der Waals surface area contributed by atoms with Crippen LogP contribution in [-0.2, 0) is 4.79 Å². The van der Waals surface area contributed by atoms with Crippen LogP contribution in [0.15, 0.2) is 0 Å². The molecule has 1 atom stereocenters. The number of hydrogen-bond acceptors (Lipinski definition) is 3. The van der Waals surface area contributed by atoms with Gasteiger partial charge in [-0.05, 0) is 18.6 Å². The molecule has 13 heavy (non-hydrogen) atoms. The first-order chi connectivity index (χ1) is 6.33. The molecule has 0 bridgehead atoms. The molecule has 1 heterocycles. The Labute approximate surface area is 84.0 Å². The van der Waals surface area contributed by atoms with Crippen molar-refractivity contribution in [3.05, 3.63) is 0 Å². The summed E-state index contributed by atoms with van der Waals surface area (Å²) < 4.78 is 0. The van der Waals surface area contributed by atoms with E-state index in [1.807, 2.05) is 11.8 Å². The minimum atomic E-state index is 0.0702. The summed E-state index contributed by atoms with van der Waals surface area (Å²) in [7, 11) is 1.67. The molecule has 0 aliphatic carbocycles. The Kier molecular flexibility index (Phi) is 5.23. The van der Waals surface area contributed by atoms with Gasteiger partial charge in [-0.2, -0.15) is 11.8 Å². The summed E-state index contributed by atoms with van der Waals surface area (Å²) in [6.45, 7) is 1.42. The first-order valence-corrected chi connectivity index (χ1v) is 5.90. The van der Waals surface area contributed by atoms with E-state index >= 15 is 0 Å². The van der Waals surface area contributed by atoms with E-state index < -0.39 is 0 Å². The fraction of sp³-hybridized carbons (Fsp3) is 0.889. The number of rotatable bonds is 4. The standard InChI is InChI=1S/C9H18N2OS/c1-10-9(12)7-11-6-8-4-2-3-5-13-8/h8,11H,2-7H2,1H3,(H,10,12). The minimum Gasteiger partial charge on any atom is -0.358 e. The largest absolute Gasteiger partial charge is 0.358 e. The highest BCUT2D eigenvalue weighted by atomic mass is 32.2. The van der Waals surface area contributed by atoms with E-state index in [0.29, 0.717) is 6.54 Å². The molecule has 1 amide bonds. The summed E-state index contributed by atoms with van der Waals surface area (Å²) in [5.41, 5.74) is 0. The molecular weight excluding hydrogens is 184 g/mol. The third kappa shape index (κ3) is 4.52. The second kappa shape index (κ2) is 6.27. The average Bonchev–Trinajstić information content (AvgIpc) is 2.19. The molecule has 1 unspecified atom stereocenters. The predicted octanol–water partition coefficient (Wildman–Crippen LogP) is 0.608. The van der Waals surface area contributed by atoms with Gasteiger partial charge in [-0.3, -0.25) is 4.79 Å². The van der Waals surface area contributed by atoms with Crippen LogP contribution in [0.3, 0.4) is 0 Å². The first-order valence-electron chi connectivity index (χ1n) is 4.86. The van der Waals surface area contributed by atoms with Gasteiger partial charge in [0.15, 0.2) is 0 Å². The van der Waals surface area contributed by atoms with Crippen LogP contribution in [0.5, 0.6) is 0 Å². The topological polar surface area (TPSA) is 41.1 Å². The molecule has 1 fully saturated rings. The molecule has 4 heteroatoms. The fourth-order valence-corrected chi connectivity index (χ4v) is 2.68. The highest BCUT2D eigenvalue weighted by molar-refractivity contribution is 7.99. The van der Waals surface area contributed by atoms with Crippen LogP contribution in [0, 0.1) is 0 Å². The summed E-state index contributed by atoms with van der Waals surface area (Å²) in [6, 6.07) is 0. The van der Waals surface area contributed by atoms with Crippen LogP contribution >= 0.6 is 11.8 Å². The van der Waals surface area contributed by atoms with Crippen molar-refractivity contribution in [1.82, 2.24) is 10.6 Å². The zero-order valence-electron chi connectivity index (χ0n) is 8.14. The van der Waals surface area contributed by atoms with E-state index in [9.17, 15) is 4.79 Å². The van der Waals surface area contributed by atoms with Gasteiger partial charge in [0.05, 0.1) is 6.54 Å². The lowest BCUT2D eigenvalue weighted by Gasteiger charge is -2.21. The highest BCUT2D eigenvalue weighted by Crippen LogP contribution is 2.23. The van der Waals surface area contributed by atoms with Gasteiger partial charge in [0.25, 0.3) is 0 Å². The Balaban J connectivity index is 2.01. The minimum absolute atomic E-state index is 0.0702. The van der Waals surface area contributed by atoms with Crippen LogP contribution in [-0.4, -0.2) is 37.0 Å². The van der Waals surface area contributed by atoms with E-state index in [1.165, 1.54) is 25.0 Å². The lowest BCUT2D eigenvalue weighted by Crippen LogP contribution is -2.35. The van der Waals surface area contributed by atoms with Gasteiger partial charge in [0, 0.05) is 18.8 Å². The zero-order valence-corrected chi connectivity index (χ0v) is 8.95. The lowest BCUT2D eigenvalue weighted by molar-refractivity contribution is -0.119. The van der Waals surface area contributed by atoms with Crippen molar-refractivity contribution in [3.63, 3.8) is 0 Å². The molecule has 0 aromatic heterocycles. The summed E-state index contributed by atoms with van der Waals surface area (Å²) in [4.78, 5) is 10.9. The molecule has 0 radical (unpaired) electrons. The van der Waals surface area contributed by atoms with E-state index in [1.54, 1.807) is 7.05 Å². The van der Waals surface area contributed by atoms with Crippen LogP contribution in [0.25, 0.3) is 0 Å². The normalized spacial score (nSPS) is 22.7. The number of hydrogen-bond donors (Lipinski definition) is 2. The number of nitrogens with one attached hydrogen (secondary N) is 2. The molecule has 0 saturated carbocycles. The van der Waals surface area contributed by atoms with Gasteiger partial charge in [-0.15, -0.1) is 0 Å². The van der Waals surface area contributed by atoms with E-state index in [2.05, 4.69) is 10.6 Å². The highest BCUT2D eigenvalue weighted by Gasteiger charge is 2.13. The average molecular weight is 202 g/mol. The van der Waals surface area contributed by atoms with Crippen molar-refractivity contribution in [2.45, 2.75) is 24.5 Å². The number of amides is 1. The molecule has 3 nitrogen and oxygen atoms in total. The van der Waals surface area contributed by atoms with Gasteiger partial charge < -0.3 is 10.6 Å². The molecule has 76 valence electrons. The van der Waals surface area contributed by atoms with Crippen LogP contribution in [0.2, 0.25) is 0 Å². The summed E-state index contributed by atoms with van der Waals surface area (Å²) in [5.74, 6) is 1.35. The Morgan fingerprint density at radius 3 is 3.00 bits per heavy atom. The monoisotopic (exact) mass is 202 g/mol. The molecule has 1 aliphatic rings. The molecule has 1 aliphatic heterocycles.